The van der Waals surface area contributed by atoms with Gasteiger partial charge in [-0.1, -0.05) is 6.07 Å². The van der Waals surface area contributed by atoms with E-state index in [2.05, 4.69) is 0 Å². The first-order chi connectivity index (χ1) is 8.33. The second kappa shape index (κ2) is 5.94. The van der Waals surface area contributed by atoms with Crippen molar-refractivity contribution in [2.75, 3.05) is 0 Å². The summed E-state index contributed by atoms with van der Waals surface area (Å²) in [6.45, 7) is 0. The number of hydrogen-bond donors (Lipinski definition) is 3. The molecule has 1 aromatic heterocycles. The van der Waals surface area contributed by atoms with Gasteiger partial charge in [-0.05, 0) is 17.9 Å². The third-order valence-electron chi connectivity index (χ3n) is 2.00. The SMILES string of the molecule is O=C(O)CC[C@H](NS(=O)(=O)c1cccs1)C(=O)O. The topological polar surface area (TPSA) is 121 Å². The van der Waals surface area contributed by atoms with Crippen LogP contribution < -0.4 is 4.72 Å². The number of hydrogen-bond acceptors (Lipinski definition) is 5. The fourth-order valence-corrected chi connectivity index (χ4v) is 3.40. The van der Waals surface area contributed by atoms with Crippen LogP contribution in [0, 0.1) is 0 Å². The lowest BCUT2D eigenvalue weighted by atomic mass is 10.2. The number of sulfonamides is 1. The molecule has 3 N–H and O–H groups in total. The normalized spacial score (nSPS) is 13.1. The summed E-state index contributed by atoms with van der Waals surface area (Å²) in [5, 5.41) is 18.8. The van der Waals surface area contributed by atoms with Gasteiger partial charge in [-0.15, -0.1) is 11.3 Å². The highest BCUT2D eigenvalue weighted by molar-refractivity contribution is 7.91. The summed E-state index contributed by atoms with van der Waals surface area (Å²) in [4.78, 5) is 21.2. The molecule has 0 spiro atoms. The number of rotatable bonds is 7. The molecule has 0 unspecified atom stereocenters. The zero-order valence-electron chi connectivity index (χ0n) is 9.07. The smallest absolute Gasteiger partial charge is 0.321 e. The van der Waals surface area contributed by atoms with Gasteiger partial charge in [-0.2, -0.15) is 4.72 Å². The van der Waals surface area contributed by atoms with Crippen LogP contribution in [0.4, 0.5) is 0 Å². The van der Waals surface area contributed by atoms with Gasteiger partial charge in [0.05, 0.1) is 0 Å². The fraction of sp³-hybridized carbons (Fsp3) is 0.333. The second-order valence-corrected chi connectivity index (χ2v) is 6.27. The largest absolute Gasteiger partial charge is 0.481 e. The monoisotopic (exact) mass is 293 g/mol. The molecule has 0 radical (unpaired) electrons. The molecule has 9 heteroatoms. The third-order valence-corrected chi connectivity index (χ3v) is 4.87. The van der Waals surface area contributed by atoms with Crippen LogP contribution in [0.25, 0.3) is 0 Å². The lowest BCUT2D eigenvalue weighted by Gasteiger charge is -2.12. The zero-order valence-corrected chi connectivity index (χ0v) is 10.7. The van der Waals surface area contributed by atoms with E-state index in [4.69, 9.17) is 10.2 Å². The van der Waals surface area contributed by atoms with Gasteiger partial charge in [-0.25, -0.2) is 8.42 Å². The van der Waals surface area contributed by atoms with Gasteiger partial charge in [-0.3, -0.25) is 9.59 Å². The molecule has 0 aliphatic heterocycles. The van der Waals surface area contributed by atoms with E-state index < -0.39 is 34.4 Å². The van der Waals surface area contributed by atoms with Crippen molar-refractivity contribution in [1.29, 1.82) is 0 Å². The van der Waals surface area contributed by atoms with Crippen molar-refractivity contribution >= 4 is 33.3 Å². The molecule has 0 aliphatic carbocycles. The summed E-state index contributed by atoms with van der Waals surface area (Å²) in [6, 6.07) is 1.41. The molecule has 0 aliphatic rings. The summed E-state index contributed by atoms with van der Waals surface area (Å²) in [7, 11) is -3.91. The molecular formula is C9H11NO6S2. The first-order valence-electron chi connectivity index (χ1n) is 4.83. The van der Waals surface area contributed by atoms with Crippen LogP contribution in [0.1, 0.15) is 12.8 Å². The number of carboxylic acid groups (broad SMARTS) is 2. The predicted molar refractivity (Wildman–Crippen MR) is 62.9 cm³/mol. The molecule has 100 valence electrons. The molecule has 1 rings (SSSR count). The molecular weight excluding hydrogens is 282 g/mol. The van der Waals surface area contributed by atoms with Crippen molar-refractivity contribution in [2.24, 2.45) is 0 Å². The maximum Gasteiger partial charge on any atom is 0.321 e. The Morgan fingerprint density at radius 3 is 2.50 bits per heavy atom. The van der Waals surface area contributed by atoms with Gasteiger partial charge in [0.2, 0.25) is 0 Å². The van der Waals surface area contributed by atoms with Crippen LogP contribution in [0.5, 0.6) is 0 Å². The molecule has 1 atom stereocenters. The molecule has 0 saturated heterocycles. The van der Waals surface area contributed by atoms with E-state index in [-0.39, 0.29) is 10.6 Å². The van der Waals surface area contributed by atoms with Crippen molar-refractivity contribution < 1.29 is 28.2 Å². The van der Waals surface area contributed by atoms with E-state index in [0.29, 0.717) is 0 Å². The minimum Gasteiger partial charge on any atom is -0.481 e. The van der Waals surface area contributed by atoms with Crippen LogP contribution in [-0.2, 0) is 19.6 Å². The van der Waals surface area contributed by atoms with E-state index in [1.165, 1.54) is 12.1 Å². The summed E-state index contributed by atoms with van der Waals surface area (Å²) in [5.74, 6) is -2.59. The van der Waals surface area contributed by atoms with Crippen LogP contribution in [0.15, 0.2) is 21.7 Å². The molecule has 7 nitrogen and oxygen atoms in total. The first-order valence-corrected chi connectivity index (χ1v) is 7.19. The number of carbonyl (C=O) groups is 2. The molecule has 0 saturated carbocycles. The summed E-state index contributed by atoms with van der Waals surface area (Å²) < 4.78 is 25.4. The number of nitrogens with one attached hydrogen (secondary N) is 1. The molecule has 18 heavy (non-hydrogen) atoms. The van der Waals surface area contributed by atoms with Crippen molar-refractivity contribution in [3.05, 3.63) is 17.5 Å². The molecule has 0 fully saturated rings. The van der Waals surface area contributed by atoms with E-state index in [1.54, 1.807) is 5.38 Å². The average molecular weight is 293 g/mol. The minimum absolute atomic E-state index is 0.0101. The van der Waals surface area contributed by atoms with Crippen LogP contribution >= 0.6 is 11.3 Å². The Labute approximate surface area is 107 Å². The minimum atomic E-state index is -3.91. The van der Waals surface area contributed by atoms with Crippen molar-refractivity contribution in [3.63, 3.8) is 0 Å². The Morgan fingerprint density at radius 2 is 2.06 bits per heavy atom. The van der Waals surface area contributed by atoms with E-state index in [0.717, 1.165) is 11.3 Å². The molecule has 1 aromatic rings. The van der Waals surface area contributed by atoms with Gasteiger partial charge >= 0.3 is 11.9 Å². The Balaban J connectivity index is 2.78. The maximum absolute atomic E-state index is 11.7. The van der Waals surface area contributed by atoms with Gasteiger partial charge in [0.25, 0.3) is 10.0 Å². The van der Waals surface area contributed by atoms with Gasteiger partial charge in [0.15, 0.2) is 0 Å². The van der Waals surface area contributed by atoms with E-state index in [9.17, 15) is 18.0 Å². The van der Waals surface area contributed by atoms with Gasteiger partial charge in [0.1, 0.15) is 10.3 Å². The van der Waals surface area contributed by atoms with Crippen LogP contribution in [0.3, 0.4) is 0 Å². The Kier molecular flexibility index (Phi) is 4.82. The highest BCUT2D eigenvalue weighted by atomic mass is 32.2. The van der Waals surface area contributed by atoms with E-state index in [1.807, 2.05) is 4.72 Å². The second-order valence-electron chi connectivity index (χ2n) is 3.38. The van der Waals surface area contributed by atoms with Crippen molar-refractivity contribution in [3.8, 4) is 0 Å². The standard InChI is InChI=1S/C9H11NO6S2/c11-7(12)4-3-6(9(13)14)10-18(15,16)8-2-1-5-17-8/h1-2,5-6,10H,3-4H2,(H,11,12)(H,13,14)/t6-/m0/s1. The molecule has 0 amide bonds. The first kappa shape index (κ1) is 14.6. The highest BCUT2D eigenvalue weighted by Gasteiger charge is 2.26. The van der Waals surface area contributed by atoms with Gasteiger partial charge < -0.3 is 10.2 Å². The Bertz CT molecular complexity index is 521. The quantitative estimate of drug-likeness (QED) is 0.666. The van der Waals surface area contributed by atoms with E-state index >= 15 is 0 Å². The summed E-state index contributed by atoms with van der Waals surface area (Å²) in [5.41, 5.74) is 0. The zero-order chi connectivity index (χ0) is 13.8. The number of aliphatic carboxylic acids is 2. The number of carboxylic acids is 2. The predicted octanol–water partition coefficient (Wildman–Crippen LogP) is 0.344. The molecule has 1 heterocycles. The summed E-state index contributed by atoms with van der Waals surface area (Å²) >= 11 is 0.948. The van der Waals surface area contributed by atoms with Crippen LogP contribution in [-0.4, -0.2) is 36.6 Å². The fourth-order valence-electron chi connectivity index (χ4n) is 1.16. The average Bonchev–Trinajstić information content (AvgIpc) is 2.77. The van der Waals surface area contributed by atoms with Crippen LogP contribution in [0.2, 0.25) is 0 Å². The lowest BCUT2D eigenvalue weighted by Crippen LogP contribution is -2.40. The third kappa shape index (κ3) is 4.09. The maximum atomic E-state index is 11.7. The Morgan fingerprint density at radius 1 is 1.39 bits per heavy atom. The highest BCUT2D eigenvalue weighted by Crippen LogP contribution is 2.16. The summed E-state index contributed by atoms with van der Waals surface area (Å²) in [6.07, 6.45) is -0.737. The number of thiophene rings is 1. The Hall–Kier alpha value is -1.45. The van der Waals surface area contributed by atoms with Gasteiger partial charge in [0, 0.05) is 6.42 Å². The molecule has 0 aromatic carbocycles. The van der Waals surface area contributed by atoms with Crippen molar-refractivity contribution in [2.45, 2.75) is 23.1 Å². The molecule has 0 bridgehead atoms. The van der Waals surface area contributed by atoms with Crippen molar-refractivity contribution in [1.82, 2.24) is 4.72 Å². The lowest BCUT2D eigenvalue weighted by molar-refractivity contribution is -0.140.